The second kappa shape index (κ2) is 3.84. The summed E-state index contributed by atoms with van der Waals surface area (Å²) in [7, 11) is 0. The molecule has 0 saturated heterocycles. The minimum absolute atomic E-state index is 0.729. The smallest absolute Gasteiger partial charge is 0.0480 e. The van der Waals surface area contributed by atoms with Crippen molar-refractivity contribution in [3.63, 3.8) is 0 Å². The first-order valence-electron chi connectivity index (χ1n) is 4.51. The maximum atomic E-state index is 5.66. The van der Waals surface area contributed by atoms with Gasteiger partial charge in [0.05, 0.1) is 0 Å². The van der Waals surface area contributed by atoms with Gasteiger partial charge in [-0.25, -0.2) is 0 Å². The molecule has 0 amide bonds. The molecular weight excluding hydrogens is 182 g/mol. The number of nitrogens with zero attached hydrogens (tertiary/aromatic N) is 1. The summed E-state index contributed by atoms with van der Waals surface area (Å²) in [5.41, 5.74) is 1.30. The van der Waals surface area contributed by atoms with Gasteiger partial charge in [0.2, 0.25) is 0 Å². The number of hydrogen-bond donors (Lipinski definition) is 0. The third kappa shape index (κ3) is 1.70. The highest BCUT2D eigenvalue weighted by Crippen LogP contribution is 2.15. The molecule has 1 nitrogen and oxygen atoms in total. The van der Waals surface area contributed by atoms with E-state index in [-0.39, 0.29) is 0 Å². The van der Waals surface area contributed by atoms with E-state index in [9.17, 15) is 0 Å². The lowest BCUT2D eigenvalue weighted by Gasteiger charge is -2.02. The lowest BCUT2D eigenvalue weighted by atomic mass is 10.2. The van der Waals surface area contributed by atoms with Gasteiger partial charge in [0.15, 0.2) is 0 Å². The number of aromatic nitrogens is 1. The number of hydrogen-bond acceptors (Lipinski definition) is 0. The van der Waals surface area contributed by atoms with Crippen LogP contribution in [-0.4, -0.2) is 10.4 Å². The van der Waals surface area contributed by atoms with Crippen LogP contribution in [0.15, 0.2) is 36.5 Å². The van der Waals surface area contributed by atoms with Gasteiger partial charge >= 0.3 is 0 Å². The Morgan fingerprint density at radius 2 is 2.00 bits per heavy atom. The fraction of sp³-hybridized carbons (Fsp3) is 0.273. The van der Waals surface area contributed by atoms with Gasteiger partial charge in [-0.05, 0) is 23.9 Å². The zero-order valence-corrected chi connectivity index (χ0v) is 8.17. The van der Waals surface area contributed by atoms with Crippen molar-refractivity contribution in [3.05, 3.63) is 36.5 Å². The molecule has 0 aliphatic rings. The normalized spacial score (nSPS) is 10.8. The Kier molecular flexibility index (Phi) is 2.55. The standard InChI is InChI=1S/C11H12ClN/c12-7-3-8-13-9-6-10-4-1-2-5-11(10)13/h1-2,4-6,9H,3,7-8H2. The average Bonchev–Trinajstić information content (AvgIpc) is 2.58. The summed E-state index contributed by atoms with van der Waals surface area (Å²) in [6, 6.07) is 10.5. The van der Waals surface area contributed by atoms with E-state index in [1.54, 1.807) is 0 Å². The SMILES string of the molecule is ClCCCn1ccc2ccccc21. The third-order valence-corrected chi connectivity index (χ3v) is 2.48. The molecule has 0 atom stereocenters. The number of benzene rings is 1. The van der Waals surface area contributed by atoms with E-state index in [0.717, 1.165) is 18.8 Å². The minimum Gasteiger partial charge on any atom is -0.347 e. The molecule has 0 unspecified atom stereocenters. The van der Waals surface area contributed by atoms with E-state index in [0.29, 0.717) is 0 Å². The van der Waals surface area contributed by atoms with Crippen LogP contribution in [0.1, 0.15) is 6.42 Å². The van der Waals surface area contributed by atoms with E-state index >= 15 is 0 Å². The third-order valence-electron chi connectivity index (χ3n) is 2.21. The predicted octanol–water partition coefficient (Wildman–Crippen LogP) is 3.27. The lowest BCUT2D eigenvalue weighted by molar-refractivity contribution is 0.707. The molecule has 0 aliphatic heterocycles. The molecule has 0 fully saturated rings. The number of halogens is 1. The highest BCUT2D eigenvalue weighted by atomic mass is 35.5. The first-order chi connectivity index (χ1) is 6.42. The molecule has 0 spiro atoms. The molecule has 2 rings (SSSR count). The molecule has 2 aromatic rings. The summed E-state index contributed by atoms with van der Waals surface area (Å²) in [6.07, 6.45) is 3.15. The average molecular weight is 194 g/mol. The van der Waals surface area contributed by atoms with E-state index in [4.69, 9.17) is 11.6 Å². The summed E-state index contributed by atoms with van der Waals surface area (Å²) < 4.78 is 2.25. The monoisotopic (exact) mass is 193 g/mol. The molecule has 0 N–H and O–H groups in total. The first-order valence-corrected chi connectivity index (χ1v) is 5.05. The summed E-state index contributed by atoms with van der Waals surface area (Å²) in [5, 5.41) is 1.30. The van der Waals surface area contributed by atoms with Gasteiger partial charge in [-0.3, -0.25) is 0 Å². The molecule has 1 heterocycles. The zero-order chi connectivity index (χ0) is 9.10. The molecule has 1 aromatic heterocycles. The summed E-state index contributed by atoms with van der Waals surface area (Å²) in [5.74, 6) is 0.729. The maximum Gasteiger partial charge on any atom is 0.0480 e. The van der Waals surface area contributed by atoms with E-state index in [1.807, 2.05) is 0 Å². The fourth-order valence-corrected chi connectivity index (χ4v) is 1.69. The zero-order valence-electron chi connectivity index (χ0n) is 7.41. The molecule has 1 aromatic carbocycles. The van der Waals surface area contributed by atoms with Gasteiger partial charge in [0.25, 0.3) is 0 Å². The van der Waals surface area contributed by atoms with Crippen molar-refractivity contribution in [3.8, 4) is 0 Å². The first kappa shape index (κ1) is 8.64. The van der Waals surface area contributed by atoms with Crippen LogP contribution in [0.5, 0.6) is 0 Å². The van der Waals surface area contributed by atoms with Gasteiger partial charge in [0, 0.05) is 24.1 Å². The van der Waals surface area contributed by atoms with Crippen LogP contribution in [0.3, 0.4) is 0 Å². The summed E-state index contributed by atoms with van der Waals surface area (Å²) >= 11 is 5.66. The molecular formula is C11H12ClN. The quantitative estimate of drug-likeness (QED) is 0.660. The van der Waals surface area contributed by atoms with Gasteiger partial charge in [-0.15, -0.1) is 11.6 Å². The van der Waals surface area contributed by atoms with Gasteiger partial charge in [0.1, 0.15) is 0 Å². The summed E-state index contributed by atoms with van der Waals surface area (Å²) in [4.78, 5) is 0. The van der Waals surface area contributed by atoms with E-state index < -0.39 is 0 Å². The lowest BCUT2D eigenvalue weighted by Crippen LogP contribution is -1.95. The molecule has 0 radical (unpaired) electrons. The van der Waals surface area contributed by atoms with Crippen LogP contribution in [0.2, 0.25) is 0 Å². The van der Waals surface area contributed by atoms with Crippen LogP contribution in [0.25, 0.3) is 10.9 Å². The molecule has 0 aliphatic carbocycles. The van der Waals surface area contributed by atoms with E-state index in [2.05, 4.69) is 41.1 Å². The highest BCUT2D eigenvalue weighted by molar-refractivity contribution is 6.17. The van der Waals surface area contributed by atoms with Crippen LogP contribution in [0, 0.1) is 0 Å². The van der Waals surface area contributed by atoms with Crippen molar-refractivity contribution in [1.82, 2.24) is 4.57 Å². The van der Waals surface area contributed by atoms with Crippen molar-refractivity contribution >= 4 is 22.5 Å². The van der Waals surface area contributed by atoms with Crippen LogP contribution >= 0.6 is 11.6 Å². The maximum absolute atomic E-state index is 5.66. The molecule has 68 valence electrons. The molecule has 2 heteroatoms. The Labute approximate surface area is 82.9 Å². The van der Waals surface area contributed by atoms with Crippen molar-refractivity contribution in [2.24, 2.45) is 0 Å². The number of para-hydroxylation sites is 1. The second-order valence-corrected chi connectivity index (χ2v) is 3.49. The molecule has 13 heavy (non-hydrogen) atoms. The Hall–Kier alpha value is -0.950. The second-order valence-electron chi connectivity index (χ2n) is 3.11. The van der Waals surface area contributed by atoms with Gasteiger partial charge in [-0.1, -0.05) is 18.2 Å². The largest absolute Gasteiger partial charge is 0.347 e. The van der Waals surface area contributed by atoms with Crippen LogP contribution < -0.4 is 0 Å². The van der Waals surface area contributed by atoms with Crippen LogP contribution in [-0.2, 0) is 6.54 Å². The van der Waals surface area contributed by atoms with Crippen LogP contribution in [0.4, 0.5) is 0 Å². The summed E-state index contributed by atoms with van der Waals surface area (Å²) in [6.45, 7) is 1.01. The van der Waals surface area contributed by atoms with Crippen molar-refractivity contribution in [1.29, 1.82) is 0 Å². The van der Waals surface area contributed by atoms with Crippen molar-refractivity contribution in [2.45, 2.75) is 13.0 Å². The minimum atomic E-state index is 0.729. The Balaban J connectivity index is 2.35. The Morgan fingerprint density at radius 1 is 1.15 bits per heavy atom. The number of aryl methyl sites for hydroxylation is 1. The fourth-order valence-electron chi connectivity index (χ4n) is 1.57. The topological polar surface area (TPSA) is 4.93 Å². The number of alkyl halides is 1. The van der Waals surface area contributed by atoms with Gasteiger partial charge in [-0.2, -0.15) is 0 Å². The number of rotatable bonds is 3. The van der Waals surface area contributed by atoms with Crippen molar-refractivity contribution in [2.75, 3.05) is 5.88 Å². The molecule has 0 bridgehead atoms. The predicted molar refractivity (Wildman–Crippen MR) is 57.3 cm³/mol. The van der Waals surface area contributed by atoms with Gasteiger partial charge < -0.3 is 4.57 Å². The van der Waals surface area contributed by atoms with Crippen molar-refractivity contribution < 1.29 is 0 Å². The number of fused-ring (bicyclic) bond motifs is 1. The Bertz CT molecular complexity index is 392. The Morgan fingerprint density at radius 3 is 2.85 bits per heavy atom. The molecule has 0 saturated carbocycles. The highest BCUT2D eigenvalue weighted by Gasteiger charge is 1.97. The van der Waals surface area contributed by atoms with E-state index in [1.165, 1.54) is 10.9 Å².